The fraction of sp³-hybridized carbons (Fsp3) is 0.567. The number of carbonyl (C=O) groups is 2. The molecule has 0 aliphatic carbocycles. The molecule has 4 rings (SSSR count). The lowest BCUT2D eigenvalue weighted by Gasteiger charge is -2.36. The van der Waals surface area contributed by atoms with Crippen LogP contribution in [0.4, 0.5) is 14.9 Å². The molecule has 0 unspecified atom stereocenters. The number of carbonyl (C=O) groups excluding carboxylic acids is 2. The number of likely N-dealkylation sites (tertiary alicyclic amines) is 2. The van der Waals surface area contributed by atoms with Crippen molar-refractivity contribution >= 4 is 17.7 Å². The molecule has 1 aromatic carbocycles. The molecule has 218 valence electrons. The summed E-state index contributed by atoms with van der Waals surface area (Å²) in [6.07, 6.45) is 2.75. The van der Waals surface area contributed by atoms with E-state index in [1.165, 1.54) is 11.1 Å². The van der Waals surface area contributed by atoms with Crippen LogP contribution in [-0.4, -0.2) is 84.4 Å². The van der Waals surface area contributed by atoms with Crippen LogP contribution in [0.15, 0.2) is 36.5 Å². The Morgan fingerprint density at radius 3 is 2.45 bits per heavy atom. The molecule has 0 saturated carbocycles. The van der Waals surface area contributed by atoms with E-state index in [1.807, 2.05) is 24.3 Å². The summed E-state index contributed by atoms with van der Waals surface area (Å²) in [6.45, 7) is 8.52. The number of ether oxygens (including phenoxy) is 2. The summed E-state index contributed by atoms with van der Waals surface area (Å²) >= 11 is 0. The molecule has 0 bridgehead atoms. The van der Waals surface area contributed by atoms with Crippen molar-refractivity contribution in [3.05, 3.63) is 53.3 Å². The standard InChI is InChI=1S/C30H42FN5O4/c1-30(2,3)40-29(38)36-14-11-26(25(31)18-36)34-27-16-22(33-17-24(27)28(32)37)15-20-5-7-23(8-6-20)39-19-21-9-12-35(4)13-10-21/h5-8,16-17,21,25-26H,9-15,18-19H2,1-4H3,(H2,32,37)(H,33,34)/t25-,26+/m0/s1. The highest BCUT2D eigenvalue weighted by Gasteiger charge is 2.34. The predicted molar refractivity (Wildman–Crippen MR) is 152 cm³/mol. The van der Waals surface area contributed by atoms with Crippen LogP contribution in [0.2, 0.25) is 0 Å². The molecule has 3 heterocycles. The number of anilines is 1. The van der Waals surface area contributed by atoms with Gasteiger partial charge in [0.15, 0.2) is 0 Å². The first kappa shape index (κ1) is 29.6. The van der Waals surface area contributed by atoms with Crippen LogP contribution in [0.1, 0.15) is 61.6 Å². The van der Waals surface area contributed by atoms with Crippen LogP contribution in [0.3, 0.4) is 0 Å². The van der Waals surface area contributed by atoms with E-state index in [0.717, 1.165) is 43.9 Å². The van der Waals surface area contributed by atoms with E-state index in [9.17, 15) is 9.59 Å². The van der Waals surface area contributed by atoms with Gasteiger partial charge in [0, 0.05) is 24.9 Å². The zero-order chi connectivity index (χ0) is 28.9. The Morgan fingerprint density at radius 2 is 1.82 bits per heavy atom. The molecule has 1 aromatic heterocycles. The number of nitrogens with two attached hydrogens (primary N) is 1. The summed E-state index contributed by atoms with van der Waals surface area (Å²) in [5.41, 5.74) is 7.32. The number of pyridine rings is 1. The summed E-state index contributed by atoms with van der Waals surface area (Å²) < 4.78 is 26.5. The molecule has 0 radical (unpaired) electrons. The van der Waals surface area contributed by atoms with E-state index in [1.54, 1.807) is 26.8 Å². The highest BCUT2D eigenvalue weighted by Crippen LogP contribution is 2.25. The van der Waals surface area contributed by atoms with Gasteiger partial charge >= 0.3 is 6.09 Å². The van der Waals surface area contributed by atoms with Crippen molar-refractivity contribution in [2.24, 2.45) is 11.7 Å². The van der Waals surface area contributed by atoms with Gasteiger partial charge in [-0.25, -0.2) is 9.18 Å². The summed E-state index contributed by atoms with van der Waals surface area (Å²) in [6, 6.07) is 9.10. The monoisotopic (exact) mass is 555 g/mol. The molecule has 2 aromatic rings. The van der Waals surface area contributed by atoms with Gasteiger partial charge in [0.05, 0.1) is 30.4 Å². The van der Waals surface area contributed by atoms with E-state index in [2.05, 4.69) is 22.2 Å². The Labute approximate surface area is 236 Å². The number of nitrogens with zero attached hydrogens (tertiary/aromatic N) is 3. The molecular formula is C30H42FN5O4. The largest absolute Gasteiger partial charge is 0.493 e. The van der Waals surface area contributed by atoms with Crippen molar-refractivity contribution in [2.45, 2.75) is 64.3 Å². The quantitative estimate of drug-likeness (QED) is 0.501. The first-order valence-electron chi connectivity index (χ1n) is 14.0. The Hall–Kier alpha value is -3.40. The Balaban J connectivity index is 1.36. The second-order valence-corrected chi connectivity index (χ2v) is 11.9. The van der Waals surface area contributed by atoms with Crippen LogP contribution >= 0.6 is 0 Å². The second kappa shape index (κ2) is 12.8. The number of amides is 2. The Morgan fingerprint density at radius 1 is 1.12 bits per heavy atom. The molecule has 2 amide bonds. The van der Waals surface area contributed by atoms with Crippen LogP contribution < -0.4 is 15.8 Å². The summed E-state index contributed by atoms with van der Waals surface area (Å²) in [7, 11) is 2.15. The number of aromatic nitrogens is 1. The van der Waals surface area contributed by atoms with Gasteiger partial charge < -0.3 is 30.3 Å². The average molecular weight is 556 g/mol. The normalized spacial score (nSPS) is 20.7. The molecule has 2 fully saturated rings. The van der Waals surface area contributed by atoms with E-state index in [4.69, 9.17) is 15.2 Å². The molecule has 40 heavy (non-hydrogen) atoms. The highest BCUT2D eigenvalue weighted by atomic mass is 19.1. The number of piperidine rings is 2. The minimum atomic E-state index is -1.35. The lowest BCUT2D eigenvalue weighted by atomic mass is 9.98. The van der Waals surface area contributed by atoms with Gasteiger partial charge in [-0.05, 0) is 89.9 Å². The van der Waals surface area contributed by atoms with Crippen LogP contribution in [0.25, 0.3) is 0 Å². The first-order valence-corrected chi connectivity index (χ1v) is 14.0. The molecule has 2 aliphatic rings. The van der Waals surface area contributed by atoms with Gasteiger partial charge in [-0.1, -0.05) is 12.1 Å². The predicted octanol–water partition coefficient (Wildman–Crippen LogP) is 4.25. The zero-order valence-corrected chi connectivity index (χ0v) is 24.0. The average Bonchev–Trinajstić information content (AvgIpc) is 2.89. The maximum absolute atomic E-state index is 15.1. The third-order valence-corrected chi connectivity index (χ3v) is 7.39. The first-order chi connectivity index (χ1) is 19.0. The van der Waals surface area contributed by atoms with Crippen molar-refractivity contribution in [1.29, 1.82) is 0 Å². The van der Waals surface area contributed by atoms with Crippen molar-refractivity contribution < 1.29 is 23.5 Å². The van der Waals surface area contributed by atoms with Crippen molar-refractivity contribution in [2.75, 3.05) is 45.2 Å². The van der Waals surface area contributed by atoms with E-state index in [-0.39, 0.29) is 12.1 Å². The lowest BCUT2D eigenvalue weighted by molar-refractivity contribution is 0.0125. The topological polar surface area (TPSA) is 110 Å². The van der Waals surface area contributed by atoms with Gasteiger partial charge in [0.25, 0.3) is 5.91 Å². The number of hydrogen-bond donors (Lipinski definition) is 2. The summed E-state index contributed by atoms with van der Waals surface area (Å²) in [5, 5.41) is 3.16. The van der Waals surface area contributed by atoms with Crippen LogP contribution in [0, 0.1) is 5.92 Å². The molecule has 9 nitrogen and oxygen atoms in total. The fourth-order valence-electron chi connectivity index (χ4n) is 5.03. The number of halogens is 1. The molecule has 0 spiro atoms. The molecule has 3 N–H and O–H groups in total. The zero-order valence-electron chi connectivity index (χ0n) is 24.0. The molecule has 2 atom stereocenters. The molecule has 2 aliphatic heterocycles. The number of nitrogens with one attached hydrogen (secondary N) is 1. The van der Waals surface area contributed by atoms with Crippen molar-refractivity contribution in [3.8, 4) is 5.75 Å². The number of hydrogen-bond acceptors (Lipinski definition) is 7. The van der Waals surface area contributed by atoms with Crippen LogP contribution in [-0.2, 0) is 11.2 Å². The minimum Gasteiger partial charge on any atom is -0.493 e. The molecular weight excluding hydrogens is 513 g/mol. The number of benzene rings is 1. The number of alkyl halides is 1. The van der Waals surface area contributed by atoms with Gasteiger partial charge in [0.1, 0.15) is 17.5 Å². The Bertz CT molecular complexity index is 1160. The third-order valence-electron chi connectivity index (χ3n) is 7.39. The summed E-state index contributed by atoms with van der Waals surface area (Å²) in [4.78, 5) is 32.6. The van der Waals surface area contributed by atoms with Crippen molar-refractivity contribution in [3.63, 3.8) is 0 Å². The maximum Gasteiger partial charge on any atom is 0.410 e. The van der Waals surface area contributed by atoms with E-state index in [0.29, 0.717) is 36.7 Å². The lowest BCUT2D eigenvalue weighted by Crippen LogP contribution is -2.51. The van der Waals surface area contributed by atoms with Crippen LogP contribution in [0.5, 0.6) is 5.75 Å². The SMILES string of the molecule is CN1CCC(COc2ccc(Cc3cc(N[C@@H]4CCN(C(=O)OC(C)(C)C)C[C@@H]4F)c(C(N)=O)cn3)cc2)CC1. The van der Waals surface area contributed by atoms with E-state index >= 15 is 4.39 Å². The van der Waals surface area contributed by atoms with Gasteiger partial charge in [0.2, 0.25) is 0 Å². The Kier molecular flexibility index (Phi) is 9.50. The number of primary amides is 1. The molecule has 10 heteroatoms. The maximum atomic E-state index is 15.1. The van der Waals surface area contributed by atoms with E-state index < -0.39 is 29.8 Å². The third kappa shape index (κ3) is 8.30. The smallest absolute Gasteiger partial charge is 0.410 e. The van der Waals surface area contributed by atoms with Gasteiger partial charge in [-0.15, -0.1) is 0 Å². The van der Waals surface area contributed by atoms with Gasteiger partial charge in [-0.3, -0.25) is 9.78 Å². The molecule has 2 saturated heterocycles. The highest BCUT2D eigenvalue weighted by molar-refractivity contribution is 5.98. The van der Waals surface area contributed by atoms with Crippen molar-refractivity contribution in [1.82, 2.24) is 14.8 Å². The van der Waals surface area contributed by atoms with Gasteiger partial charge in [-0.2, -0.15) is 0 Å². The fourth-order valence-corrected chi connectivity index (χ4v) is 5.03. The minimum absolute atomic E-state index is 0.0946. The summed E-state index contributed by atoms with van der Waals surface area (Å²) in [5.74, 6) is 0.784. The number of rotatable bonds is 8. The second-order valence-electron chi connectivity index (χ2n) is 11.9.